The first-order valence-corrected chi connectivity index (χ1v) is 6.28. The molecule has 0 N–H and O–H groups in total. The summed E-state index contributed by atoms with van der Waals surface area (Å²) in [6.45, 7) is 8.00. The van der Waals surface area contributed by atoms with Gasteiger partial charge in [0, 0.05) is 19.0 Å². The molecule has 0 spiro atoms. The summed E-state index contributed by atoms with van der Waals surface area (Å²) in [6.07, 6.45) is 6.69. The Morgan fingerprint density at radius 1 is 1.47 bits per heavy atom. The minimum absolute atomic E-state index is 0.385. The maximum atomic E-state index is 11.7. The number of hydrogen-bond acceptors (Lipinski definition) is 1. The summed E-state index contributed by atoms with van der Waals surface area (Å²) in [5.74, 6) is 0.787. The molecule has 1 aliphatic carbocycles. The molecular formula is C13H23NO. The summed E-state index contributed by atoms with van der Waals surface area (Å²) in [7, 11) is 0. The molecule has 0 atom stereocenters. The highest BCUT2D eigenvalue weighted by molar-refractivity contribution is 5.81. The molecule has 0 saturated heterocycles. The fourth-order valence-corrected chi connectivity index (χ4v) is 1.85. The van der Waals surface area contributed by atoms with Gasteiger partial charge in [-0.15, -0.1) is 0 Å². The second-order valence-corrected chi connectivity index (χ2v) is 4.04. The van der Waals surface area contributed by atoms with Crippen LogP contribution in [0.5, 0.6) is 0 Å². The van der Waals surface area contributed by atoms with E-state index in [2.05, 4.69) is 13.0 Å². The molecule has 2 heteroatoms. The molecule has 1 fully saturated rings. The third-order valence-electron chi connectivity index (χ3n) is 2.92. The number of carbonyl (C=O) groups excluding carboxylic acids is 1. The van der Waals surface area contributed by atoms with Crippen molar-refractivity contribution in [3.05, 3.63) is 11.6 Å². The van der Waals surface area contributed by atoms with Crippen molar-refractivity contribution in [2.24, 2.45) is 5.92 Å². The quantitative estimate of drug-likeness (QED) is 0.640. The second kappa shape index (κ2) is 5.94. The van der Waals surface area contributed by atoms with E-state index in [1.165, 1.54) is 5.57 Å². The van der Waals surface area contributed by atoms with E-state index in [1.807, 2.05) is 18.7 Å². The van der Waals surface area contributed by atoms with Crippen molar-refractivity contribution < 1.29 is 4.79 Å². The average Bonchev–Trinajstić information content (AvgIpc) is 3.15. The molecule has 0 bridgehead atoms. The van der Waals surface area contributed by atoms with Crippen LogP contribution < -0.4 is 0 Å². The van der Waals surface area contributed by atoms with Crippen LogP contribution in [0, 0.1) is 5.92 Å². The maximum absolute atomic E-state index is 11.7. The summed E-state index contributed by atoms with van der Waals surface area (Å²) in [5, 5.41) is 0. The molecule has 0 aromatic carbocycles. The molecule has 0 aromatic rings. The molecule has 86 valence electrons. The van der Waals surface area contributed by atoms with Gasteiger partial charge in [0.25, 0.3) is 0 Å². The summed E-state index contributed by atoms with van der Waals surface area (Å²) >= 11 is 0. The Morgan fingerprint density at radius 2 is 2.13 bits per heavy atom. The molecule has 2 nitrogen and oxygen atoms in total. The zero-order chi connectivity index (χ0) is 11.3. The first-order valence-electron chi connectivity index (χ1n) is 6.28. The van der Waals surface area contributed by atoms with Gasteiger partial charge in [-0.2, -0.15) is 0 Å². The number of hydrogen-bond donors (Lipinski definition) is 0. The molecule has 0 radical (unpaired) electrons. The van der Waals surface area contributed by atoms with Gasteiger partial charge < -0.3 is 4.90 Å². The molecule has 15 heavy (non-hydrogen) atoms. The van der Waals surface area contributed by atoms with E-state index in [-0.39, 0.29) is 0 Å². The van der Waals surface area contributed by atoms with Crippen molar-refractivity contribution in [3.63, 3.8) is 0 Å². The van der Waals surface area contributed by atoms with E-state index < -0.39 is 0 Å². The highest BCUT2D eigenvalue weighted by atomic mass is 16.2. The van der Waals surface area contributed by atoms with Crippen molar-refractivity contribution >= 4 is 5.91 Å². The lowest BCUT2D eigenvalue weighted by atomic mass is 10.1. The first kappa shape index (κ1) is 12.3. The van der Waals surface area contributed by atoms with Gasteiger partial charge in [-0.25, -0.2) is 0 Å². The Bertz CT molecular complexity index is 241. The Kier molecular flexibility index (Phi) is 4.86. The van der Waals surface area contributed by atoms with Crippen LogP contribution in [0.4, 0.5) is 0 Å². The van der Waals surface area contributed by atoms with Crippen molar-refractivity contribution in [2.45, 2.75) is 46.5 Å². The van der Waals surface area contributed by atoms with Gasteiger partial charge in [0.1, 0.15) is 0 Å². The summed E-state index contributed by atoms with van der Waals surface area (Å²) in [4.78, 5) is 13.8. The van der Waals surface area contributed by atoms with Crippen LogP contribution in [-0.2, 0) is 4.79 Å². The lowest BCUT2D eigenvalue weighted by Crippen LogP contribution is -2.36. The highest BCUT2D eigenvalue weighted by Crippen LogP contribution is 2.32. The van der Waals surface area contributed by atoms with Gasteiger partial charge in [-0.1, -0.05) is 32.4 Å². The standard InChI is InChI=1S/C11H17NO.C2H6/c1-2-9-4-3-7-12(8-9)11(13)10-5-6-10;1-2/h4,10H,2-3,5-8H2,1H3;1-2H3. The molecule has 2 aliphatic rings. The molecule has 1 saturated carbocycles. The van der Waals surface area contributed by atoms with Gasteiger partial charge in [0.05, 0.1) is 0 Å². The molecule has 0 unspecified atom stereocenters. The Morgan fingerprint density at radius 3 is 2.67 bits per heavy atom. The predicted molar refractivity (Wildman–Crippen MR) is 63.6 cm³/mol. The van der Waals surface area contributed by atoms with Crippen LogP contribution >= 0.6 is 0 Å². The summed E-state index contributed by atoms with van der Waals surface area (Å²) in [5.41, 5.74) is 1.43. The lowest BCUT2D eigenvalue weighted by molar-refractivity contribution is -0.132. The Balaban J connectivity index is 0.000000531. The van der Waals surface area contributed by atoms with E-state index in [0.29, 0.717) is 11.8 Å². The summed E-state index contributed by atoms with van der Waals surface area (Å²) in [6, 6.07) is 0. The average molecular weight is 209 g/mol. The van der Waals surface area contributed by atoms with E-state index in [9.17, 15) is 4.79 Å². The van der Waals surface area contributed by atoms with Crippen molar-refractivity contribution in [1.29, 1.82) is 0 Å². The largest absolute Gasteiger partial charge is 0.338 e. The van der Waals surface area contributed by atoms with Crippen LogP contribution in [0.3, 0.4) is 0 Å². The van der Waals surface area contributed by atoms with Crippen LogP contribution in [0.15, 0.2) is 11.6 Å². The van der Waals surface area contributed by atoms with Crippen molar-refractivity contribution in [2.75, 3.05) is 13.1 Å². The predicted octanol–water partition coefficient (Wildman–Crippen LogP) is 2.99. The minimum Gasteiger partial charge on any atom is -0.338 e. The van der Waals surface area contributed by atoms with Gasteiger partial charge in [0.15, 0.2) is 0 Å². The van der Waals surface area contributed by atoms with Crippen LogP contribution in [-0.4, -0.2) is 23.9 Å². The number of carbonyl (C=O) groups is 1. The number of rotatable bonds is 2. The van der Waals surface area contributed by atoms with Gasteiger partial charge in [-0.3, -0.25) is 4.79 Å². The third kappa shape index (κ3) is 3.37. The van der Waals surface area contributed by atoms with E-state index in [4.69, 9.17) is 0 Å². The topological polar surface area (TPSA) is 20.3 Å². The van der Waals surface area contributed by atoms with E-state index in [1.54, 1.807) is 0 Å². The zero-order valence-electron chi connectivity index (χ0n) is 10.3. The normalized spacial score (nSPS) is 20.2. The van der Waals surface area contributed by atoms with Crippen LogP contribution in [0.2, 0.25) is 0 Å². The third-order valence-corrected chi connectivity index (χ3v) is 2.92. The van der Waals surface area contributed by atoms with Crippen molar-refractivity contribution in [1.82, 2.24) is 4.90 Å². The van der Waals surface area contributed by atoms with E-state index in [0.717, 1.165) is 38.8 Å². The molecule has 1 heterocycles. The van der Waals surface area contributed by atoms with Gasteiger partial charge in [0.2, 0.25) is 5.91 Å². The van der Waals surface area contributed by atoms with Crippen molar-refractivity contribution in [3.8, 4) is 0 Å². The smallest absolute Gasteiger partial charge is 0.225 e. The SMILES string of the molecule is CC.CCC1=CCCN(C(=O)C2CC2)C1. The number of nitrogens with zero attached hydrogens (tertiary/aromatic N) is 1. The Hall–Kier alpha value is -0.790. The summed E-state index contributed by atoms with van der Waals surface area (Å²) < 4.78 is 0. The zero-order valence-corrected chi connectivity index (χ0v) is 10.3. The first-order chi connectivity index (χ1) is 7.31. The maximum Gasteiger partial charge on any atom is 0.225 e. The minimum atomic E-state index is 0.385. The highest BCUT2D eigenvalue weighted by Gasteiger charge is 2.33. The number of amides is 1. The van der Waals surface area contributed by atoms with Crippen LogP contribution in [0.1, 0.15) is 46.5 Å². The molecule has 2 rings (SSSR count). The van der Waals surface area contributed by atoms with E-state index >= 15 is 0 Å². The lowest BCUT2D eigenvalue weighted by Gasteiger charge is -2.27. The second-order valence-electron chi connectivity index (χ2n) is 4.04. The molecule has 1 amide bonds. The van der Waals surface area contributed by atoms with Crippen LogP contribution in [0.25, 0.3) is 0 Å². The molecule has 1 aliphatic heterocycles. The van der Waals surface area contributed by atoms with Gasteiger partial charge in [-0.05, 0) is 25.7 Å². The fraction of sp³-hybridized carbons (Fsp3) is 0.769. The molecular weight excluding hydrogens is 186 g/mol. The Labute approximate surface area is 93.3 Å². The van der Waals surface area contributed by atoms with Gasteiger partial charge >= 0.3 is 0 Å². The monoisotopic (exact) mass is 209 g/mol. The molecule has 0 aromatic heterocycles. The fourth-order valence-electron chi connectivity index (χ4n) is 1.85.